The zero-order valence-electron chi connectivity index (χ0n) is 3.28. The largest absolute Gasteiger partial charge is 0.287 e. The summed E-state index contributed by atoms with van der Waals surface area (Å²) in [5, 5.41) is 0.248. The summed E-state index contributed by atoms with van der Waals surface area (Å²) >= 11 is 3.25. The van der Waals surface area contributed by atoms with Gasteiger partial charge in [-0.25, -0.2) is 5.48 Å². The van der Waals surface area contributed by atoms with E-state index in [0.717, 1.165) is 13.0 Å². The van der Waals surface area contributed by atoms with Crippen LogP contribution in [0.5, 0.6) is 0 Å². The molecule has 1 aliphatic rings. The van der Waals surface area contributed by atoms with Crippen LogP contribution in [0.15, 0.2) is 0 Å². The van der Waals surface area contributed by atoms with E-state index < -0.39 is 0 Å². The Morgan fingerprint density at radius 3 is 2.83 bits per heavy atom. The van der Waals surface area contributed by atoms with Crippen LogP contribution in [0.4, 0.5) is 0 Å². The van der Waals surface area contributed by atoms with Gasteiger partial charge in [-0.3, -0.25) is 4.84 Å². The number of hydroxylamine groups is 1. The molecule has 6 heavy (non-hydrogen) atoms. The molecule has 3 heteroatoms. The van der Waals surface area contributed by atoms with E-state index in [4.69, 9.17) is 4.84 Å². The summed E-state index contributed by atoms with van der Waals surface area (Å²) in [5.41, 5.74) is 2.73. The second kappa shape index (κ2) is 1.91. The van der Waals surface area contributed by atoms with Crippen molar-refractivity contribution in [3.05, 3.63) is 0 Å². The SMILES string of the molecule is BrC1CCNO1. The third kappa shape index (κ3) is 0.929. The van der Waals surface area contributed by atoms with Crippen LogP contribution in [0, 0.1) is 0 Å². The van der Waals surface area contributed by atoms with Gasteiger partial charge in [-0.2, -0.15) is 0 Å². The predicted molar refractivity (Wildman–Crippen MR) is 26.4 cm³/mol. The van der Waals surface area contributed by atoms with Gasteiger partial charge >= 0.3 is 0 Å². The maximum atomic E-state index is 4.82. The molecule has 0 aromatic heterocycles. The minimum absolute atomic E-state index is 0.248. The summed E-state index contributed by atoms with van der Waals surface area (Å²) < 4.78 is 0. The quantitative estimate of drug-likeness (QED) is 0.514. The Morgan fingerprint density at radius 1 is 1.83 bits per heavy atom. The van der Waals surface area contributed by atoms with E-state index in [1.54, 1.807) is 0 Å². The number of hydrogen-bond donors (Lipinski definition) is 1. The lowest BCUT2D eigenvalue weighted by Gasteiger charge is -1.90. The van der Waals surface area contributed by atoms with E-state index in [-0.39, 0.29) is 5.01 Å². The molecule has 36 valence electrons. The molecular formula is C3H6BrNO. The van der Waals surface area contributed by atoms with Crippen molar-refractivity contribution >= 4 is 15.9 Å². The topological polar surface area (TPSA) is 21.3 Å². The molecule has 1 unspecified atom stereocenters. The summed E-state index contributed by atoms with van der Waals surface area (Å²) in [4.78, 5) is 4.82. The molecule has 1 fully saturated rings. The lowest BCUT2D eigenvalue weighted by Crippen LogP contribution is -2.03. The van der Waals surface area contributed by atoms with Gasteiger partial charge < -0.3 is 0 Å². The van der Waals surface area contributed by atoms with Gasteiger partial charge in [-0.15, -0.1) is 0 Å². The van der Waals surface area contributed by atoms with Crippen molar-refractivity contribution in [2.45, 2.75) is 11.4 Å². The Morgan fingerprint density at radius 2 is 2.67 bits per heavy atom. The molecule has 0 saturated carbocycles. The van der Waals surface area contributed by atoms with E-state index in [0.29, 0.717) is 0 Å². The van der Waals surface area contributed by atoms with Gasteiger partial charge in [-0.05, 0) is 0 Å². The minimum atomic E-state index is 0.248. The molecule has 1 saturated heterocycles. The van der Waals surface area contributed by atoms with Crippen LogP contribution in [0.3, 0.4) is 0 Å². The van der Waals surface area contributed by atoms with Gasteiger partial charge in [0.2, 0.25) is 0 Å². The van der Waals surface area contributed by atoms with E-state index in [1.165, 1.54) is 0 Å². The van der Waals surface area contributed by atoms with Crippen molar-refractivity contribution in [1.82, 2.24) is 5.48 Å². The van der Waals surface area contributed by atoms with Crippen LogP contribution in [-0.4, -0.2) is 11.6 Å². The fourth-order valence-corrected chi connectivity index (χ4v) is 0.742. The molecule has 1 heterocycles. The Hall–Kier alpha value is 0.400. The molecular weight excluding hydrogens is 146 g/mol. The number of halogens is 1. The van der Waals surface area contributed by atoms with Crippen molar-refractivity contribution in [1.29, 1.82) is 0 Å². The molecule has 1 rings (SSSR count). The molecule has 0 radical (unpaired) electrons. The zero-order chi connectivity index (χ0) is 4.41. The first-order valence-corrected chi connectivity index (χ1v) is 2.84. The summed E-state index contributed by atoms with van der Waals surface area (Å²) in [6.45, 7) is 0.968. The molecule has 1 N–H and O–H groups in total. The first kappa shape index (κ1) is 4.56. The van der Waals surface area contributed by atoms with E-state index in [2.05, 4.69) is 21.4 Å². The smallest absolute Gasteiger partial charge is 0.135 e. The lowest BCUT2D eigenvalue weighted by atomic mass is 10.5. The number of alkyl halides is 1. The third-order valence-electron chi connectivity index (χ3n) is 0.685. The van der Waals surface area contributed by atoms with Gasteiger partial charge in [-0.1, -0.05) is 15.9 Å². The summed E-state index contributed by atoms with van der Waals surface area (Å²) in [6.07, 6.45) is 1.07. The van der Waals surface area contributed by atoms with Crippen molar-refractivity contribution in [3.8, 4) is 0 Å². The highest BCUT2D eigenvalue weighted by Crippen LogP contribution is 2.08. The number of hydrogen-bond acceptors (Lipinski definition) is 2. The molecule has 2 nitrogen and oxygen atoms in total. The molecule has 0 amide bonds. The normalized spacial score (nSPS) is 34.5. The molecule has 1 aliphatic heterocycles. The fraction of sp³-hybridized carbons (Fsp3) is 1.00. The van der Waals surface area contributed by atoms with E-state index >= 15 is 0 Å². The van der Waals surface area contributed by atoms with E-state index in [1.807, 2.05) is 0 Å². The molecule has 1 atom stereocenters. The molecule has 0 aromatic rings. The van der Waals surface area contributed by atoms with Gasteiger partial charge in [0.1, 0.15) is 5.01 Å². The Balaban J connectivity index is 2.18. The van der Waals surface area contributed by atoms with Crippen LogP contribution in [0.25, 0.3) is 0 Å². The van der Waals surface area contributed by atoms with Crippen LogP contribution < -0.4 is 5.48 Å². The van der Waals surface area contributed by atoms with Gasteiger partial charge in [0.25, 0.3) is 0 Å². The first-order chi connectivity index (χ1) is 2.89. The van der Waals surface area contributed by atoms with Crippen molar-refractivity contribution < 1.29 is 4.84 Å². The molecule has 0 spiro atoms. The monoisotopic (exact) mass is 151 g/mol. The van der Waals surface area contributed by atoms with Crippen LogP contribution in [0.2, 0.25) is 0 Å². The highest BCUT2D eigenvalue weighted by molar-refractivity contribution is 9.09. The summed E-state index contributed by atoms with van der Waals surface area (Å²) in [5.74, 6) is 0. The zero-order valence-corrected chi connectivity index (χ0v) is 4.86. The van der Waals surface area contributed by atoms with Crippen molar-refractivity contribution in [2.75, 3.05) is 6.54 Å². The Labute approximate surface area is 44.9 Å². The summed E-state index contributed by atoms with van der Waals surface area (Å²) in [7, 11) is 0. The first-order valence-electron chi connectivity index (χ1n) is 1.92. The maximum absolute atomic E-state index is 4.82. The van der Waals surface area contributed by atoms with Crippen molar-refractivity contribution in [2.24, 2.45) is 0 Å². The lowest BCUT2D eigenvalue weighted by molar-refractivity contribution is 0.0867. The van der Waals surface area contributed by atoms with Crippen LogP contribution in [-0.2, 0) is 4.84 Å². The highest BCUT2D eigenvalue weighted by Gasteiger charge is 2.08. The number of nitrogens with one attached hydrogen (secondary N) is 1. The van der Waals surface area contributed by atoms with Crippen LogP contribution in [0.1, 0.15) is 6.42 Å². The van der Waals surface area contributed by atoms with Gasteiger partial charge in [0.15, 0.2) is 0 Å². The fourth-order valence-electron chi connectivity index (χ4n) is 0.381. The molecule has 0 aliphatic carbocycles. The second-order valence-corrected chi connectivity index (χ2v) is 2.23. The predicted octanol–water partition coefficient (Wildman–Crippen LogP) is 0.632. The van der Waals surface area contributed by atoms with Gasteiger partial charge in [0, 0.05) is 13.0 Å². The summed E-state index contributed by atoms with van der Waals surface area (Å²) in [6, 6.07) is 0. The molecule has 0 bridgehead atoms. The second-order valence-electron chi connectivity index (χ2n) is 1.21. The van der Waals surface area contributed by atoms with Gasteiger partial charge in [0.05, 0.1) is 0 Å². The average Bonchev–Trinajstić information content (AvgIpc) is 1.86. The Kier molecular flexibility index (Phi) is 1.45. The van der Waals surface area contributed by atoms with Crippen molar-refractivity contribution in [3.63, 3.8) is 0 Å². The van der Waals surface area contributed by atoms with E-state index in [9.17, 15) is 0 Å². The maximum Gasteiger partial charge on any atom is 0.135 e. The standard InChI is InChI=1S/C3H6BrNO/c4-3-1-2-5-6-3/h3,5H,1-2H2. The third-order valence-corrected chi connectivity index (χ3v) is 1.33. The Bertz CT molecular complexity index is 44.1. The van der Waals surface area contributed by atoms with Crippen LogP contribution >= 0.6 is 15.9 Å². The molecule has 0 aromatic carbocycles. The highest BCUT2D eigenvalue weighted by atomic mass is 79.9. The number of rotatable bonds is 0. The minimum Gasteiger partial charge on any atom is -0.287 e. The average molecular weight is 152 g/mol.